The summed E-state index contributed by atoms with van der Waals surface area (Å²) in [5.41, 5.74) is 3.77. The number of phenols is 1. The summed E-state index contributed by atoms with van der Waals surface area (Å²) in [6, 6.07) is 23.1. The predicted octanol–water partition coefficient (Wildman–Crippen LogP) is 5.45. The Balaban J connectivity index is 0.000000204. The minimum Gasteiger partial charge on any atom is -0.507 e. The number of alkyl carbamates (subject to hydrolysis) is 1. The van der Waals surface area contributed by atoms with Gasteiger partial charge in [-0.1, -0.05) is 48.5 Å². The molecule has 7 nitrogen and oxygen atoms in total. The highest BCUT2D eigenvalue weighted by atomic mass is 16.5. The van der Waals surface area contributed by atoms with Gasteiger partial charge in [0.25, 0.3) is 0 Å². The van der Waals surface area contributed by atoms with Crippen LogP contribution in [-0.2, 0) is 11.3 Å². The van der Waals surface area contributed by atoms with Crippen molar-refractivity contribution in [1.82, 2.24) is 15.3 Å². The predicted molar refractivity (Wildman–Crippen MR) is 139 cm³/mol. The number of benzene rings is 3. The maximum absolute atomic E-state index is 10.7. The lowest BCUT2D eigenvalue weighted by Gasteiger charge is -2.19. The van der Waals surface area contributed by atoms with Crippen LogP contribution < -0.4 is 10.2 Å². The number of carbonyl (C=O) groups is 1. The molecule has 1 amide bonds. The van der Waals surface area contributed by atoms with Gasteiger partial charge in [0.1, 0.15) is 18.2 Å². The average molecular weight is 471 g/mol. The molecule has 1 aliphatic heterocycles. The summed E-state index contributed by atoms with van der Waals surface area (Å²) in [4.78, 5) is 22.5. The minimum atomic E-state index is -0.404. The van der Waals surface area contributed by atoms with E-state index in [1.165, 1.54) is 25.5 Å². The first kappa shape index (κ1) is 24.0. The molecule has 35 heavy (non-hydrogen) atoms. The fourth-order valence-corrected chi connectivity index (χ4v) is 3.97. The van der Waals surface area contributed by atoms with Gasteiger partial charge >= 0.3 is 6.09 Å². The summed E-state index contributed by atoms with van der Waals surface area (Å²) in [6.07, 6.45) is 1.99. The standard InChI is InChI=1S/C19H19N3O.C9H11NO2/c1-13-8-9-14-16(12-13)20-18(15-6-2-3-7-17(15)23)21-19(14)22-10-4-5-11-22;1-10-9(11)12-7-8-5-3-2-4-6-8/h2-3,6-9,12,23H,4-5,10-11H2,1H3;2-6H,7H2,1H3,(H,10,11). The molecule has 1 aliphatic rings. The van der Waals surface area contributed by atoms with Crippen molar-refractivity contribution in [2.24, 2.45) is 0 Å². The number of fused-ring (bicyclic) bond motifs is 1. The molecule has 0 radical (unpaired) electrons. The zero-order valence-corrected chi connectivity index (χ0v) is 20.1. The minimum absolute atomic E-state index is 0.215. The quantitative estimate of drug-likeness (QED) is 0.412. The second-order valence-corrected chi connectivity index (χ2v) is 8.41. The number of aromatic nitrogens is 2. The zero-order chi connectivity index (χ0) is 24.6. The molecular weight excluding hydrogens is 440 g/mol. The van der Waals surface area contributed by atoms with Gasteiger partial charge in [0.15, 0.2) is 5.82 Å². The van der Waals surface area contributed by atoms with Crippen LogP contribution in [0.2, 0.25) is 0 Å². The van der Waals surface area contributed by atoms with Crippen LogP contribution in [0.25, 0.3) is 22.3 Å². The third-order valence-electron chi connectivity index (χ3n) is 5.80. The molecule has 1 saturated heterocycles. The number of aryl methyl sites for hydroxylation is 1. The van der Waals surface area contributed by atoms with Crippen molar-refractivity contribution in [3.8, 4) is 17.1 Å². The summed E-state index contributed by atoms with van der Waals surface area (Å²) in [6.45, 7) is 4.44. The van der Waals surface area contributed by atoms with E-state index in [2.05, 4.69) is 35.3 Å². The Labute approximate surface area is 205 Å². The Morgan fingerprint density at radius 1 is 1.00 bits per heavy atom. The first-order chi connectivity index (χ1) is 17.0. The summed E-state index contributed by atoms with van der Waals surface area (Å²) in [7, 11) is 1.54. The lowest BCUT2D eigenvalue weighted by atomic mass is 10.1. The topological polar surface area (TPSA) is 87.6 Å². The van der Waals surface area contributed by atoms with E-state index in [0.29, 0.717) is 18.0 Å². The summed E-state index contributed by atoms with van der Waals surface area (Å²) in [5, 5.41) is 13.6. The van der Waals surface area contributed by atoms with E-state index in [4.69, 9.17) is 14.7 Å². The summed E-state index contributed by atoms with van der Waals surface area (Å²) in [5.74, 6) is 1.78. The van der Waals surface area contributed by atoms with Crippen molar-refractivity contribution in [2.45, 2.75) is 26.4 Å². The van der Waals surface area contributed by atoms with Crippen LogP contribution in [0.1, 0.15) is 24.0 Å². The van der Waals surface area contributed by atoms with Gasteiger partial charge in [-0.15, -0.1) is 0 Å². The van der Waals surface area contributed by atoms with Crippen molar-refractivity contribution in [1.29, 1.82) is 0 Å². The Morgan fingerprint density at radius 3 is 2.43 bits per heavy atom. The van der Waals surface area contributed by atoms with E-state index in [9.17, 15) is 9.90 Å². The lowest BCUT2D eigenvalue weighted by molar-refractivity contribution is 0.142. The number of hydrogen-bond acceptors (Lipinski definition) is 6. The number of amides is 1. The van der Waals surface area contributed by atoms with Gasteiger partial charge in [-0.05, 0) is 55.2 Å². The van der Waals surface area contributed by atoms with Crippen LogP contribution in [-0.4, -0.2) is 41.3 Å². The highest BCUT2D eigenvalue weighted by Gasteiger charge is 2.19. The van der Waals surface area contributed by atoms with Crippen molar-refractivity contribution in [3.63, 3.8) is 0 Å². The van der Waals surface area contributed by atoms with E-state index in [-0.39, 0.29) is 5.75 Å². The van der Waals surface area contributed by atoms with Gasteiger partial charge in [-0.2, -0.15) is 0 Å². The fourth-order valence-electron chi connectivity index (χ4n) is 3.97. The van der Waals surface area contributed by atoms with Crippen LogP contribution in [0.15, 0.2) is 72.8 Å². The monoisotopic (exact) mass is 470 g/mol. The fraction of sp³-hybridized carbons (Fsp3) is 0.250. The molecule has 0 unspecified atom stereocenters. The Morgan fingerprint density at radius 2 is 1.71 bits per heavy atom. The zero-order valence-electron chi connectivity index (χ0n) is 20.1. The van der Waals surface area contributed by atoms with Crippen LogP contribution in [0.4, 0.5) is 10.6 Å². The summed E-state index contributed by atoms with van der Waals surface area (Å²) >= 11 is 0. The molecule has 180 valence electrons. The molecule has 5 rings (SSSR count). The highest BCUT2D eigenvalue weighted by molar-refractivity contribution is 5.92. The third kappa shape index (κ3) is 6.06. The van der Waals surface area contributed by atoms with Crippen LogP contribution in [0, 0.1) is 6.92 Å². The Hall–Kier alpha value is -4.13. The van der Waals surface area contributed by atoms with Gasteiger partial charge in [0, 0.05) is 25.5 Å². The van der Waals surface area contributed by atoms with Crippen molar-refractivity contribution in [3.05, 3.63) is 83.9 Å². The molecule has 0 aliphatic carbocycles. The molecule has 0 saturated carbocycles. The number of para-hydroxylation sites is 1. The average Bonchev–Trinajstić information content (AvgIpc) is 3.42. The molecule has 0 spiro atoms. The highest BCUT2D eigenvalue weighted by Crippen LogP contribution is 2.33. The van der Waals surface area contributed by atoms with Gasteiger partial charge in [0.05, 0.1) is 11.1 Å². The number of nitrogens with one attached hydrogen (secondary N) is 1. The second-order valence-electron chi connectivity index (χ2n) is 8.41. The smallest absolute Gasteiger partial charge is 0.407 e. The SMILES string of the molecule is CNC(=O)OCc1ccccc1.Cc1ccc2c(N3CCCC3)nc(-c3ccccc3O)nc2c1. The van der Waals surface area contributed by atoms with E-state index in [1.54, 1.807) is 6.07 Å². The van der Waals surface area contributed by atoms with Crippen molar-refractivity contribution >= 4 is 22.8 Å². The molecule has 7 heteroatoms. The molecule has 0 atom stereocenters. The van der Waals surface area contributed by atoms with E-state index in [1.807, 2.05) is 48.5 Å². The normalized spacial score (nSPS) is 12.7. The molecule has 2 heterocycles. The largest absolute Gasteiger partial charge is 0.507 e. The number of hydrogen-bond donors (Lipinski definition) is 2. The maximum atomic E-state index is 10.7. The first-order valence-electron chi connectivity index (χ1n) is 11.8. The van der Waals surface area contributed by atoms with Crippen LogP contribution in [0.5, 0.6) is 5.75 Å². The maximum Gasteiger partial charge on any atom is 0.407 e. The molecule has 1 fully saturated rings. The molecule has 0 bridgehead atoms. The van der Waals surface area contributed by atoms with E-state index < -0.39 is 6.09 Å². The number of rotatable bonds is 4. The third-order valence-corrected chi connectivity index (χ3v) is 5.80. The number of phenolic OH excluding ortho intramolecular Hbond substituents is 1. The molecular formula is C28H30N4O3. The first-order valence-corrected chi connectivity index (χ1v) is 11.8. The van der Waals surface area contributed by atoms with E-state index in [0.717, 1.165) is 35.4 Å². The number of carbonyl (C=O) groups excluding carboxylic acids is 1. The van der Waals surface area contributed by atoms with Crippen LogP contribution >= 0.6 is 0 Å². The number of nitrogens with zero attached hydrogens (tertiary/aromatic N) is 3. The van der Waals surface area contributed by atoms with E-state index >= 15 is 0 Å². The molecule has 1 aromatic heterocycles. The van der Waals surface area contributed by atoms with Crippen molar-refractivity contribution in [2.75, 3.05) is 25.0 Å². The van der Waals surface area contributed by atoms with Gasteiger partial charge in [0.2, 0.25) is 0 Å². The second kappa shape index (κ2) is 11.3. The molecule has 4 aromatic rings. The summed E-state index contributed by atoms with van der Waals surface area (Å²) < 4.78 is 4.83. The van der Waals surface area contributed by atoms with Crippen LogP contribution in [0.3, 0.4) is 0 Å². The lowest BCUT2D eigenvalue weighted by Crippen LogP contribution is -2.20. The number of ether oxygens (including phenoxy) is 1. The molecule has 2 N–H and O–H groups in total. The van der Waals surface area contributed by atoms with Gasteiger partial charge in [-0.25, -0.2) is 14.8 Å². The number of aromatic hydroxyl groups is 1. The Kier molecular flexibility index (Phi) is 7.77. The van der Waals surface area contributed by atoms with Gasteiger partial charge < -0.3 is 20.1 Å². The van der Waals surface area contributed by atoms with Crippen molar-refractivity contribution < 1.29 is 14.6 Å². The molecule has 3 aromatic carbocycles. The number of anilines is 1. The Bertz CT molecular complexity index is 1290. The van der Waals surface area contributed by atoms with Gasteiger partial charge in [-0.3, -0.25) is 0 Å².